The van der Waals surface area contributed by atoms with Crippen molar-refractivity contribution < 1.29 is 14.0 Å². The van der Waals surface area contributed by atoms with E-state index in [1.807, 2.05) is 56.3 Å². The van der Waals surface area contributed by atoms with Crippen molar-refractivity contribution in [3.05, 3.63) is 72.1 Å². The van der Waals surface area contributed by atoms with Crippen molar-refractivity contribution in [2.24, 2.45) is 0 Å². The van der Waals surface area contributed by atoms with Gasteiger partial charge in [0.1, 0.15) is 5.52 Å². The molecule has 0 radical (unpaired) electrons. The molecule has 0 saturated heterocycles. The third kappa shape index (κ3) is 4.33. The predicted octanol–water partition coefficient (Wildman–Crippen LogP) is 4.40. The molecule has 6 nitrogen and oxygen atoms in total. The van der Waals surface area contributed by atoms with Crippen LogP contribution in [-0.4, -0.2) is 23.3 Å². The molecule has 152 valence electrons. The Hall–Kier alpha value is -3.67. The lowest BCUT2D eigenvalue weighted by atomic mass is 10.0. The van der Waals surface area contributed by atoms with E-state index < -0.39 is 0 Å². The molecule has 30 heavy (non-hydrogen) atoms. The number of aromatic nitrogens is 1. The lowest BCUT2D eigenvalue weighted by Crippen LogP contribution is -2.33. The summed E-state index contributed by atoms with van der Waals surface area (Å²) in [6.45, 7) is 3.92. The maximum atomic E-state index is 12.3. The lowest BCUT2D eigenvalue weighted by molar-refractivity contribution is -0.123. The molecule has 1 heterocycles. The molecule has 0 fully saturated rings. The SMILES string of the molecule is CC(C)c1nc2cc(NC(=O)CNC(=O)Cc3cccc4ccccc34)ccc2o1. The molecular weight excluding hydrogens is 378 g/mol. The van der Waals surface area contributed by atoms with Crippen molar-refractivity contribution in [2.45, 2.75) is 26.2 Å². The van der Waals surface area contributed by atoms with Crippen LogP contribution in [0.15, 0.2) is 65.1 Å². The second-order valence-electron chi connectivity index (χ2n) is 7.53. The van der Waals surface area contributed by atoms with Gasteiger partial charge in [0.25, 0.3) is 0 Å². The van der Waals surface area contributed by atoms with Crippen LogP contribution in [-0.2, 0) is 16.0 Å². The van der Waals surface area contributed by atoms with Gasteiger partial charge >= 0.3 is 0 Å². The molecular formula is C24H23N3O3. The van der Waals surface area contributed by atoms with Crippen LogP contribution in [0.4, 0.5) is 5.69 Å². The van der Waals surface area contributed by atoms with Crippen molar-refractivity contribution >= 4 is 39.4 Å². The summed E-state index contributed by atoms with van der Waals surface area (Å²) in [5, 5.41) is 7.60. The lowest BCUT2D eigenvalue weighted by Gasteiger charge is -2.09. The first-order chi connectivity index (χ1) is 14.5. The average molecular weight is 401 g/mol. The van der Waals surface area contributed by atoms with Crippen molar-refractivity contribution in [3.63, 3.8) is 0 Å². The molecule has 2 amide bonds. The van der Waals surface area contributed by atoms with Gasteiger partial charge in [0, 0.05) is 11.6 Å². The van der Waals surface area contributed by atoms with E-state index in [0.29, 0.717) is 22.7 Å². The van der Waals surface area contributed by atoms with E-state index in [-0.39, 0.29) is 30.7 Å². The van der Waals surface area contributed by atoms with Crippen LogP contribution in [0.3, 0.4) is 0 Å². The van der Waals surface area contributed by atoms with E-state index in [4.69, 9.17) is 4.42 Å². The van der Waals surface area contributed by atoms with Crippen LogP contribution in [0.25, 0.3) is 21.9 Å². The van der Waals surface area contributed by atoms with Gasteiger partial charge in [0.15, 0.2) is 11.5 Å². The Kier molecular flexibility index (Phi) is 5.48. The maximum Gasteiger partial charge on any atom is 0.243 e. The number of amides is 2. The number of anilines is 1. The molecule has 3 aromatic carbocycles. The van der Waals surface area contributed by atoms with Gasteiger partial charge in [-0.25, -0.2) is 4.98 Å². The monoisotopic (exact) mass is 401 g/mol. The Labute approximate surface area is 174 Å². The fourth-order valence-corrected chi connectivity index (χ4v) is 3.34. The van der Waals surface area contributed by atoms with Gasteiger partial charge in [-0.05, 0) is 34.5 Å². The summed E-state index contributed by atoms with van der Waals surface area (Å²) >= 11 is 0. The molecule has 0 bridgehead atoms. The van der Waals surface area contributed by atoms with Crippen LogP contribution < -0.4 is 10.6 Å². The second kappa shape index (κ2) is 8.37. The molecule has 0 spiro atoms. The Balaban J connectivity index is 1.35. The number of hydrogen-bond acceptors (Lipinski definition) is 4. The highest BCUT2D eigenvalue weighted by Gasteiger charge is 2.12. The molecule has 0 atom stereocenters. The smallest absolute Gasteiger partial charge is 0.243 e. The summed E-state index contributed by atoms with van der Waals surface area (Å²) in [4.78, 5) is 29.0. The molecule has 6 heteroatoms. The van der Waals surface area contributed by atoms with E-state index >= 15 is 0 Å². The quantitative estimate of drug-likeness (QED) is 0.501. The molecule has 1 aromatic heterocycles. The standard InChI is InChI=1S/C24H23N3O3/c1-15(2)24-27-20-13-18(10-11-21(20)30-24)26-23(29)14-25-22(28)12-17-8-5-7-16-6-3-4-9-19(16)17/h3-11,13,15H,12,14H2,1-2H3,(H,25,28)(H,26,29). The largest absolute Gasteiger partial charge is 0.440 e. The van der Waals surface area contributed by atoms with E-state index in [1.165, 1.54) is 0 Å². The van der Waals surface area contributed by atoms with E-state index in [2.05, 4.69) is 15.6 Å². The molecule has 2 N–H and O–H groups in total. The van der Waals surface area contributed by atoms with Crippen molar-refractivity contribution in [1.82, 2.24) is 10.3 Å². The van der Waals surface area contributed by atoms with Gasteiger partial charge < -0.3 is 15.1 Å². The number of nitrogens with one attached hydrogen (secondary N) is 2. The zero-order valence-electron chi connectivity index (χ0n) is 16.9. The number of oxazole rings is 1. The van der Waals surface area contributed by atoms with Gasteiger partial charge in [0.05, 0.1) is 13.0 Å². The van der Waals surface area contributed by atoms with Crippen LogP contribution in [0.5, 0.6) is 0 Å². The number of rotatable bonds is 6. The number of benzene rings is 3. The Morgan fingerprint density at radius 1 is 1.00 bits per heavy atom. The average Bonchev–Trinajstić information content (AvgIpc) is 3.16. The van der Waals surface area contributed by atoms with Crippen molar-refractivity contribution in [3.8, 4) is 0 Å². The molecule has 0 unspecified atom stereocenters. The first-order valence-electron chi connectivity index (χ1n) is 9.93. The predicted molar refractivity (Wildman–Crippen MR) is 117 cm³/mol. The van der Waals surface area contributed by atoms with Gasteiger partial charge in [0.2, 0.25) is 11.8 Å². The highest BCUT2D eigenvalue weighted by molar-refractivity contribution is 5.97. The molecule has 0 aliphatic carbocycles. The number of hydrogen-bond donors (Lipinski definition) is 2. The molecule has 4 aromatic rings. The topological polar surface area (TPSA) is 84.2 Å². The Morgan fingerprint density at radius 3 is 2.63 bits per heavy atom. The minimum Gasteiger partial charge on any atom is -0.440 e. The zero-order chi connectivity index (χ0) is 21.1. The second-order valence-corrected chi connectivity index (χ2v) is 7.53. The molecule has 0 saturated carbocycles. The van der Waals surface area contributed by atoms with Crippen LogP contribution >= 0.6 is 0 Å². The first-order valence-corrected chi connectivity index (χ1v) is 9.93. The summed E-state index contributed by atoms with van der Waals surface area (Å²) in [6, 6.07) is 19.1. The van der Waals surface area contributed by atoms with Crippen LogP contribution in [0.2, 0.25) is 0 Å². The fraction of sp³-hybridized carbons (Fsp3) is 0.208. The summed E-state index contributed by atoms with van der Waals surface area (Å²) in [5.74, 6) is 0.352. The number of carbonyl (C=O) groups excluding carboxylic acids is 2. The van der Waals surface area contributed by atoms with Gasteiger partial charge in [-0.1, -0.05) is 56.3 Å². The van der Waals surface area contributed by atoms with Crippen LogP contribution in [0, 0.1) is 0 Å². The maximum absolute atomic E-state index is 12.3. The molecule has 4 rings (SSSR count). The Morgan fingerprint density at radius 2 is 1.80 bits per heavy atom. The van der Waals surface area contributed by atoms with Crippen LogP contribution in [0.1, 0.15) is 31.2 Å². The number of carbonyl (C=O) groups is 2. The highest BCUT2D eigenvalue weighted by atomic mass is 16.3. The van der Waals surface area contributed by atoms with E-state index in [9.17, 15) is 9.59 Å². The highest BCUT2D eigenvalue weighted by Crippen LogP contribution is 2.23. The third-order valence-corrected chi connectivity index (χ3v) is 4.86. The Bertz CT molecular complexity index is 1220. The minimum atomic E-state index is -0.298. The van der Waals surface area contributed by atoms with Gasteiger partial charge in [-0.15, -0.1) is 0 Å². The van der Waals surface area contributed by atoms with Crippen molar-refractivity contribution in [1.29, 1.82) is 0 Å². The van der Waals surface area contributed by atoms with E-state index in [1.54, 1.807) is 18.2 Å². The summed E-state index contributed by atoms with van der Waals surface area (Å²) < 4.78 is 5.67. The number of nitrogens with zero attached hydrogens (tertiary/aromatic N) is 1. The minimum absolute atomic E-state index is 0.0995. The van der Waals surface area contributed by atoms with Gasteiger partial charge in [-0.2, -0.15) is 0 Å². The molecule has 0 aliphatic heterocycles. The number of fused-ring (bicyclic) bond motifs is 2. The first kappa shape index (κ1) is 19.6. The zero-order valence-corrected chi connectivity index (χ0v) is 16.9. The van der Waals surface area contributed by atoms with Gasteiger partial charge in [-0.3, -0.25) is 9.59 Å². The molecule has 0 aliphatic rings. The van der Waals surface area contributed by atoms with Crippen molar-refractivity contribution in [2.75, 3.05) is 11.9 Å². The fourth-order valence-electron chi connectivity index (χ4n) is 3.34. The summed E-state index contributed by atoms with van der Waals surface area (Å²) in [5.41, 5.74) is 2.92. The third-order valence-electron chi connectivity index (χ3n) is 4.86. The summed E-state index contributed by atoms with van der Waals surface area (Å²) in [7, 11) is 0. The van der Waals surface area contributed by atoms with E-state index in [0.717, 1.165) is 16.3 Å². The summed E-state index contributed by atoms with van der Waals surface area (Å²) in [6.07, 6.45) is 0.220. The normalized spacial score (nSPS) is 11.2.